The van der Waals surface area contributed by atoms with Crippen molar-refractivity contribution in [3.8, 4) is 0 Å². The summed E-state index contributed by atoms with van der Waals surface area (Å²) in [5.74, 6) is 1.02. The monoisotopic (exact) mass is 292 g/mol. The summed E-state index contributed by atoms with van der Waals surface area (Å²) in [5, 5.41) is 0. The second kappa shape index (κ2) is 5.55. The van der Waals surface area contributed by atoms with Gasteiger partial charge in [-0.15, -0.1) is 11.8 Å². The van der Waals surface area contributed by atoms with Crippen LogP contribution < -0.4 is 0 Å². The highest BCUT2D eigenvalue weighted by Crippen LogP contribution is 2.26. The van der Waals surface area contributed by atoms with Gasteiger partial charge in [-0.05, 0) is 36.2 Å². The predicted octanol–water partition coefficient (Wildman–Crippen LogP) is 5.05. The van der Waals surface area contributed by atoms with Crippen LogP contribution in [0, 0.1) is 6.92 Å². The summed E-state index contributed by atoms with van der Waals surface area (Å²) in [7, 11) is 0. The Hall–Kier alpha value is -0.730. The highest BCUT2D eigenvalue weighted by molar-refractivity contribution is 9.10. The number of halogens is 1. The lowest BCUT2D eigenvalue weighted by Gasteiger charge is -2.04. The number of aryl methyl sites for hydroxylation is 1. The van der Waals surface area contributed by atoms with Crippen molar-refractivity contribution in [1.29, 1.82) is 0 Å². The lowest BCUT2D eigenvalue weighted by molar-refractivity contribution is 1.32. The normalized spacial score (nSPS) is 10.4. The van der Waals surface area contributed by atoms with Crippen LogP contribution in [-0.4, -0.2) is 0 Å². The molecule has 0 N–H and O–H groups in total. The summed E-state index contributed by atoms with van der Waals surface area (Å²) < 4.78 is 1.16. The molecule has 0 bridgehead atoms. The molecule has 0 saturated carbocycles. The molecule has 0 fully saturated rings. The van der Waals surface area contributed by atoms with E-state index in [0.717, 1.165) is 10.2 Å². The molecule has 0 saturated heterocycles. The Morgan fingerprint density at radius 1 is 1.06 bits per heavy atom. The fourth-order valence-electron chi connectivity index (χ4n) is 1.53. The summed E-state index contributed by atoms with van der Waals surface area (Å²) in [6.07, 6.45) is 0. The molecule has 0 spiro atoms. The van der Waals surface area contributed by atoms with Crippen LogP contribution in [0.5, 0.6) is 0 Å². The Balaban J connectivity index is 2.05. The van der Waals surface area contributed by atoms with E-state index in [1.54, 1.807) is 0 Å². The minimum Gasteiger partial charge on any atom is -0.121 e. The summed E-state index contributed by atoms with van der Waals surface area (Å²) in [5.41, 5.74) is 2.66. The van der Waals surface area contributed by atoms with Gasteiger partial charge in [0.05, 0.1) is 0 Å². The number of rotatable bonds is 3. The molecule has 2 aromatic rings. The number of thioether (sulfide) groups is 1. The molecule has 0 radical (unpaired) electrons. The zero-order valence-corrected chi connectivity index (χ0v) is 11.5. The van der Waals surface area contributed by atoms with Gasteiger partial charge in [-0.3, -0.25) is 0 Å². The zero-order valence-electron chi connectivity index (χ0n) is 9.11. The summed E-state index contributed by atoms with van der Waals surface area (Å²) in [6, 6.07) is 17.1. The molecule has 0 aliphatic carbocycles. The lowest BCUT2D eigenvalue weighted by Crippen LogP contribution is -1.81. The summed E-state index contributed by atoms with van der Waals surface area (Å²) in [4.78, 5) is 1.32. The molecule has 82 valence electrons. The molecule has 2 heteroatoms. The molecule has 2 rings (SSSR count). The van der Waals surface area contributed by atoms with Crippen LogP contribution in [-0.2, 0) is 5.75 Å². The first-order valence-electron chi connectivity index (χ1n) is 5.18. The van der Waals surface area contributed by atoms with E-state index in [9.17, 15) is 0 Å². The van der Waals surface area contributed by atoms with Crippen LogP contribution in [0.1, 0.15) is 11.1 Å². The van der Waals surface area contributed by atoms with Crippen molar-refractivity contribution in [1.82, 2.24) is 0 Å². The molecule has 0 amide bonds. The Morgan fingerprint density at radius 3 is 2.50 bits per heavy atom. The maximum absolute atomic E-state index is 3.53. The van der Waals surface area contributed by atoms with E-state index in [1.807, 2.05) is 11.8 Å². The fraction of sp³-hybridized carbons (Fsp3) is 0.143. The van der Waals surface area contributed by atoms with Crippen molar-refractivity contribution < 1.29 is 0 Å². The summed E-state index contributed by atoms with van der Waals surface area (Å²) in [6.45, 7) is 2.12. The third kappa shape index (κ3) is 3.39. The van der Waals surface area contributed by atoms with E-state index in [-0.39, 0.29) is 0 Å². The third-order valence-electron chi connectivity index (χ3n) is 2.26. The van der Waals surface area contributed by atoms with E-state index < -0.39 is 0 Å². The highest BCUT2D eigenvalue weighted by atomic mass is 79.9. The van der Waals surface area contributed by atoms with E-state index in [2.05, 4.69) is 71.4 Å². The Kier molecular flexibility index (Phi) is 4.08. The van der Waals surface area contributed by atoms with Crippen LogP contribution in [0.25, 0.3) is 0 Å². The number of hydrogen-bond donors (Lipinski definition) is 0. The van der Waals surface area contributed by atoms with Crippen molar-refractivity contribution in [2.45, 2.75) is 17.6 Å². The summed E-state index contributed by atoms with van der Waals surface area (Å²) >= 11 is 5.40. The van der Waals surface area contributed by atoms with Crippen molar-refractivity contribution in [3.05, 3.63) is 64.1 Å². The van der Waals surface area contributed by atoms with Crippen LogP contribution in [0.15, 0.2) is 57.9 Å². The molecule has 0 atom stereocenters. The molecular weight excluding hydrogens is 280 g/mol. The van der Waals surface area contributed by atoms with Gasteiger partial charge in [-0.1, -0.05) is 46.3 Å². The maximum atomic E-state index is 3.53. The Bertz CT molecular complexity index is 445. The molecule has 0 aliphatic rings. The first-order valence-corrected chi connectivity index (χ1v) is 6.96. The second-order valence-corrected chi connectivity index (χ2v) is 5.70. The van der Waals surface area contributed by atoms with Crippen molar-refractivity contribution in [2.24, 2.45) is 0 Å². The Morgan fingerprint density at radius 2 is 1.81 bits per heavy atom. The van der Waals surface area contributed by atoms with Gasteiger partial charge in [0.1, 0.15) is 0 Å². The lowest BCUT2D eigenvalue weighted by atomic mass is 10.2. The molecule has 0 heterocycles. The van der Waals surface area contributed by atoms with E-state index in [4.69, 9.17) is 0 Å². The van der Waals surface area contributed by atoms with E-state index in [0.29, 0.717) is 0 Å². The van der Waals surface area contributed by atoms with Crippen molar-refractivity contribution in [3.63, 3.8) is 0 Å². The molecule has 2 aromatic carbocycles. The van der Waals surface area contributed by atoms with Crippen molar-refractivity contribution >= 4 is 27.7 Å². The minimum atomic E-state index is 1.02. The average Bonchev–Trinajstić information content (AvgIpc) is 2.27. The molecule has 0 aliphatic heterocycles. The molecule has 16 heavy (non-hydrogen) atoms. The smallest absolute Gasteiger partial charge is 0.0232 e. The number of benzene rings is 2. The quantitative estimate of drug-likeness (QED) is 0.714. The van der Waals surface area contributed by atoms with Gasteiger partial charge in [0.15, 0.2) is 0 Å². The largest absolute Gasteiger partial charge is 0.121 e. The van der Waals surface area contributed by atoms with Crippen LogP contribution in [0.3, 0.4) is 0 Å². The molecule has 0 unspecified atom stereocenters. The van der Waals surface area contributed by atoms with Gasteiger partial charge < -0.3 is 0 Å². The zero-order chi connectivity index (χ0) is 11.4. The van der Waals surface area contributed by atoms with E-state index >= 15 is 0 Å². The number of hydrogen-bond acceptors (Lipinski definition) is 1. The van der Waals surface area contributed by atoms with Gasteiger partial charge >= 0.3 is 0 Å². The van der Waals surface area contributed by atoms with Crippen LogP contribution in [0.4, 0.5) is 0 Å². The highest BCUT2D eigenvalue weighted by Gasteiger charge is 1.98. The third-order valence-corrected chi connectivity index (χ3v) is 3.77. The van der Waals surface area contributed by atoms with Crippen molar-refractivity contribution in [2.75, 3.05) is 0 Å². The molecular formula is C14H13BrS. The SMILES string of the molecule is Cc1cc(Br)cc(SCc2ccccc2)c1. The first kappa shape index (κ1) is 11.7. The topological polar surface area (TPSA) is 0 Å². The van der Waals surface area contributed by atoms with Gasteiger partial charge in [-0.2, -0.15) is 0 Å². The predicted molar refractivity (Wildman–Crippen MR) is 74.9 cm³/mol. The van der Waals surface area contributed by atoms with Crippen LogP contribution >= 0.6 is 27.7 Å². The van der Waals surface area contributed by atoms with Gasteiger partial charge in [0.25, 0.3) is 0 Å². The average molecular weight is 293 g/mol. The standard InChI is InChI=1S/C14H13BrS/c1-11-7-13(15)9-14(8-11)16-10-12-5-3-2-4-6-12/h2-9H,10H2,1H3. The maximum Gasteiger partial charge on any atom is 0.0232 e. The Labute approximate surface area is 109 Å². The van der Waals surface area contributed by atoms with Gasteiger partial charge in [0.2, 0.25) is 0 Å². The molecule has 0 nitrogen and oxygen atoms in total. The molecule has 0 aromatic heterocycles. The first-order chi connectivity index (χ1) is 7.74. The van der Waals surface area contributed by atoms with Gasteiger partial charge in [0, 0.05) is 15.1 Å². The van der Waals surface area contributed by atoms with E-state index in [1.165, 1.54) is 16.0 Å². The second-order valence-electron chi connectivity index (χ2n) is 3.74. The fourth-order valence-corrected chi connectivity index (χ4v) is 3.29. The minimum absolute atomic E-state index is 1.02. The van der Waals surface area contributed by atoms with Gasteiger partial charge in [-0.25, -0.2) is 0 Å². The van der Waals surface area contributed by atoms with Crippen LogP contribution in [0.2, 0.25) is 0 Å².